The number of urea groups is 1. The van der Waals surface area contributed by atoms with Gasteiger partial charge in [0.2, 0.25) is 0 Å². The maximum absolute atomic E-state index is 13.7. The Bertz CT molecular complexity index is 1400. The van der Waals surface area contributed by atoms with Crippen LogP contribution < -0.4 is 24.3 Å². The predicted octanol–water partition coefficient (Wildman–Crippen LogP) is 5.38. The molecule has 1 aromatic heterocycles. The van der Waals surface area contributed by atoms with Gasteiger partial charge in [0, 0.05) is 29.2 Å². The molecule has 2 N–H and O–H groups in total. The lowest BCUT2D eigenvalue weighted by molar-refractivity contribution is 0.193. The topological polar surface area (TPSA) is 85.1 Å². The third-order valence-electron chi connectivity index (χ3n) is 6.68. The minimum Gasteiger partial charge on any atom is -0.497 e. The van der Waals surface area contributed by atoms with Crippen LogP contribution in [-0.2, 0) is 6.42 Å². The van der Waals surface area contributed by atoms with E-state index in [0.717, 1.165) is 33.7 Å². The van der Waals surface area contributed by atoms with Gasteiger partial charge in [-0.25, -0.2) is 4.79 Å². The second-order valence-corrected chi connectivity index (χ2v) is 8.54. The first-order valence-corrected chi connectivity index (χ1v) is 11.7. The molecule has 0 spiro atoms. The van der Waals surface area contributed by atoms with Crippen molar-refractivity contribution in [3.05, 3.63) is 77.5 Å². The van der Waals surface area contributed by atoms with Crippen LogP contribution in [0.4, 0.5) is 10.5 Å². The number of aromatic amines is 1. The quantitative estimate of drug-likeness (QED) is 0.381. The molecule has 0 radical (unpaired) electrons. The van der Waals surface area contributed by atoms with E-state index in [0.29, 0.717) is 30.2 Å². The van der Waals surface area contributed by atoms with E-state index >= 15 is 0 Å². The number of benzene rings is 3. The van der Waals surface area contributed by atoms with Gasteiger partial charge >= 0.3 is 6.03 Å². The molecule has 186 valence electrons. The van der Waals surface area contributed by atoms with Crippen molar-refractivity contribution in [2.75, 3.05) is 40.3 Å². The molecule has 0 bridgehead atoms. The molecular formula is C28H29N3O5. The Morgan fingerprint density at radius 3 is 2.22 bits per heavy atom. The number of rotatable bonds is 6. The normalized spacial score (nSPS) is 14.8. The number of hydrogen-bond donors (Lipinski definition) is 2. The molecular weight excluding hydrogens is 458 g/mol. The summed E-state index contributed by atoms with van der Waals surface area (Å²) >= 11 is 0. The number of aromatic nitrogens is 1. The molecule has 2 heterocycles. The standard InChI is InChI=1S/C28H29N3O5/c1-33-18-7-5-17(6-8-18)27-26-21(22-15-19(34-2)9-11-23(22)29-26)13-14-31(27)28(32)30-24-12-10-20(35-3)16-25(24)36-4/h5-12,15-16,27,29H,13-14H2,1-4H3,(H,30,32). The Morgan fingerprint density at radius 2 is 1.53 bits per heavy atom. The fraction of sp³-hybridized carbons (Fsp3) is 0.250. The van der Waals surface area contributed by atoms with Crippen LogP contribution in [0.3, 0.4) is 0 Å². The summed E-state index contributed by atoms with van der Waals surface area (Å²) in [5, 5.41) is 4.15. The van der Waals surface area contributed by atoms with Crippen molar-refractivity contribution in [3.63, 3.8) is 0 Å². The number of hydrogen-bond acceptors (Lipinski definition) is 5. The van der Waals surface area contributed by atoms with Gasteiger partial charge in [-0.2, -0.15) is 0 Å². The lowest BCUT2D eigenvalue weighted by Crippen LogP contribution is -2.43. The Hall–Kier alpha value is -4.33. The number of amides is 2. The molecule has 1 aliphatic heterocycles. The first-order chi connectivity index (χ1) is 17.6. The monoisotopic (exact) mass is 487 g/mol. The molecule has 1 unspecified atom stereocenters. The van der Waals surface area contributed by atoms with Gasteiger partial charge in [0.05, 0.1) is 40.2 Å². The minimum absolute atomic E-state index is 0.221. The summed E-state index contributed by atoms with van der Waals surface area (Å²) in [5.41, 5.74) is 4.75. The highest BCUT2D eigenvalue weighted by Crippen LogP contribution is 2.40. The number of anilines is 1. The Kier molecular flexibility index (Phi) is 6.33. The van der Waals surface area contributed by atoms with E-state index in [1.807, 2.05) is 47.4 Å². The number of methoxy groups -OCH3 is 4. The SMILES string of the molecule is COc1ccc(C2c3[nH]c4ccc(OC)cc4c3CCN2C(=O)Nc2ccc(OC)cc2OC)cc1. The summed E-state index contributed by atoms with van der Waals surface area (Å²) in [6.45, 7) is 0.540. The molecule has 3 aromatic carbocycles. The van der Waals surface area contributed by atoms with Crippen LogP contribution in [0.2, 0.25) is 0 Å². The van der Waals surface area contributed by atoms with E-state index in [-0.39, 0.29) is 12.1 Å². The first-order valence-electron chi connectivity index (χ1n) is 11.7. The van der Waals surface area contributed by atoms with Crippen molar-refractivity contribution in [1.29, 1.82) is 0 Å². The van der Waals surface area contributed by atoms with Crippen LogP contribution in [0.5, 0.6) is 23.0 Å². The van der Waals surface area contributed by atoms with Crippen molar-refractivity contribution < 1.29 is 23.7 Å². The second-order valence-electron chi connectivity index (χ2n) is 8.54. The molecule has 1 aliphatic rings. The highest BCUT2D eigenvalue weighted by molar-refractivity contribution is 5.93. The van der Waals surface area contributed by atoms with E-state index in [1.165, 1.54) is 5.56 Å². The van der Waals surface area contributed by atoms with E-state index in [4.69, 9.17) is 18.9 Å². The van der Waals surface area contributed by atoms with E-state index in [9.17, 15) is 4.79 Å². The fourth-order valence-electron chi connectivity index (χ4n) is 4.83. The van der Waals surface area contributed by atoms with Crippen LogP contribution in [0.1, 0.15) is 22.9 Å². The van der Waals surface area contributed by atoms with Gasteiger partial charge in [0.25, 0.3) is 0 Å². The van der Waals surface area contributed by atoms with Gasteiger partial charge < -0.3 is 34.1 Å². The molecule has 1 atom stereocenters. The maximum Gasteiger partial charge on any atom is 0.322 e. The zero-order chi connectivity index (χ0) is 25.2. The Balaban J connectivity index is 1.56. The summed E-state index contributed by atoms with van der Waals surface area (Å²) in [7, 11) is 6.46. The fourth-order valence-corrected chi connectivity index (χ4v) is 4.83. The van der Waals surface area contributed by atoms with E-state index in [2.05, 4.69) is 10.3 Å². The summed E-state index contributed by atoms with van der Waals surface area (Å²) < 4.78 is 21.6. The summed E-state index contributed by atoms with van der Waals surface area (Å²) in [5.74, 6) is 2.74. The molecule has 5 rings (SSSR count). The number of fused-ring (bicyclic) bond motifs is 3. The van der Waals surface area contributed by atoms with Crippen LogP contribution in [0, 0.1) is 0 Å². The molecule has 8 nitrogen and oxygen atoms in total. The summed E-state index contributed by atoms with van der Waals surface area (Å²) in [6, 6.07) is 18.6. The van der Waals surface area contributed by atoms with Crippen LogP contribution in [0.25, 0.3) is 10.9 Å². The summed E-state index contributed by atoms with van der Waals surface area (Å²) in [6.07, 6.45) is 0.711. The van der Waals surface area contributed by atoms with Crippen LogP contribution >= 0.6 is 0 Å². The molecule has 0 saturated heterocycles. The van der Waals surface area contributed by atoms with Crippen molar-refractivity contribution in [2.45, 2.75) is 12.5 Å². The molecule has 0 saturated carbocycles. The highest BCUT2D eigenvalue weighted by atomic mass is 16.5. The van der Waals surface area contributed by atoms with Crippen molar-refractivity contribution in [1.82, 2.24) is 9.88 Å². The van der Waals surface area contributed by atoms with Gasteiger partial charge in [-0.3, -0.25) is 0 Å². The molecule has 4 aromatic rings. The first kappa shape index (κ1) is 23.4. The van der Waals surface area contributed by atoms with Crippen molar-refractivity contribution in [3.8, 4) is 23.0 Å². The second kappa shape index (κ2) is 9.73. The molecule has 8 heteroatoms. The molecule has 36 heavy (non-hydrogen) atoms. The van der Waals surface area contributed by atoms with E-state index < -0.39 is 0 Å². The zero-order valence-electron chi connectivity index (χ0n) is 20.8. The Labute approximate surface area is 209 Å². The molecule has 0 aliphatic carbocycles. The zero-order valence-corrected chi connectivity index (χ0v) is 20.8. The largest absolute Gasteiger partial charge is 0.497 e. The molecule has 0 fully saturated rings. The van der Waals surface area contributed by atoms with E-state index in [1.54, 1.807) is 46.6 Å². The van der Waals surface area contributed by atoms with Gasteiger partial charge in [-0.1, -0.05) is 12.1 Å². The third-order valence-corrected chi connectivity index (χ3v) is 6.68. The smallest absolute Gasteiger partial charge is 0.322 e. The van der Waals surface area contributed by atoms with Gasteiger partial charge in [0.15, 0.2) is 0 Å². The van der Waals surface area contributed by atoms with Crippen LogP contribution in [-0.4, -0.2) is 50.9 Å². The van der Waals surface area contributed by atoms with Crippen LogP contribution in [0.15, 0.2) is 60.7 Å². The highest BCUT2D eigenvalue weighted by Gasteiger charge is 2.35. The lowest BCUT2D eigenvalue weighted by Gasteiger charge is -2.36. The number of carbonyl (C=O) groups is 1. The van der Waals surface area contributed by atoms with Gasteiger partial charge in [-0.05, 0) is 60.0 Å². The average molecular weight is 488 g/mol. The lowest BCUT2D eigenvalue weighted by atomic mass is 9.92. The number of nitrogens with one attached hydrogen (secondary N) is 2. The minimum atomic E-state index is -0.317. The van der Waals surface area contributed by atoms with Crippen molar-refractivity contribution >= 4 is 22.6 Å². The average Bonchev–Trinajstić information content (AvgIpc) is 3.30. The predicted molar refractivity (Wildman–Crippen MR) is 139 cm³/mol. The number of nitrogens with zero attached hydrogens (tertiary/aromatic N) is 1. The third kappa shape index (κ3) is 4.15. The maximum atomic E-state index is 13.7. The van der Waals surface area contributed by atoms with Gasteiger partial charge in [0.1, 0.15) is 23.0 Å². The van der Waals surface area contributed by atoms with Crippen molar-refractivity contribution in [2.24, 2.45) is 0 Å². The van der Waals surface area contributed by atoms with Gasteiger partial charge in [-0.15, -0.1) is 0 Å². The number of ether oxygens (including phenoxy) is 4. The number of H-pyrrole nitrogens is 1. The Morgan fingerprint density at radius 1 is 0.861 bits per heavy atom. The number of carbonyl (C=O) groups excluding carboxylic acids is 1. The summed E-state index contributed by atoms with van der Waals surface area (Å²) in [4.78, 5) is 19.1. The molecule has 2 amide bonds.